The Bertz CT molecular complexity index is 1380. The van der Waals surface area contributed by atoms with Crippen LogP contribution in [0.1, 0.15) is 39.9 Å². The third kappa shape index (κ3) is 7.04. The molecule has 0 aliphatic carbocycles. The van der Waals surface area contributed by atoms with E-state index in [1.54, 1.807) is 12.1 Å². The van der Waals surface area contributed by atoms with Crippen molar-refractivity contribution in [2.45, 2.75) is 38.4 Å². The summed E-state index contributed by atoms with van der Waals surface area (Å²) in [4.78, 5) is 36.9. The number of nitrogens with two attached hydrogens (primary N) is 1. The van der Waals surface area contributed by atoms with E-state index in [2.05, 4.69) is 17.4 Å². The second-order valence-corrected chi connectivity index (χ2v) is 9.30. The van der Waals surface area contributed by atoms with Gasteiger partial charge in [0, 0.05) is 68.9 Å². The molecule has 1 unspecified atom stereocenters. The molecule has 0 spiro atoms. The quantitative estimate of drug-likeness (QED) is 0.144. The third-order valence-corrected chi connectivity index (χ3v) is 6.83. The van der Waals surface area contributed by atoms with E-state index in [1.807, 2.05) is 29.7 Å². The summed E-state index contributed by atoms with van der Waals surface area (Å²) in [5.41, 5.74) is 18.2. The SMILES string of the molecule is O=C1CCC(N2Cc3c(ccc(CNO)c3O)C2=O)C(=O)N1.[NH-]c1cccc2c(CCOCCN)cccc12.[Y]. The zero-order valence-electron chi connectivity index (χ0n) is 22.0. The number of rotatable bonds is 8. The predicted molar refractivity (Wildman–Crippen MR) is 144 cm³/mol. The van der Waals surface area contributed by atoms with E-state index in [4.69, 9.17) is 21.4 Å². The second-order valence-electron chi connectivity index (χ2n) is 9.30. The van der Waals surface area contributed by atoms with E-state index in [1.165, 1.54) is 10.5 Å². The van der Waals surface area contributed by atoms with Gasteiger partial charge in [-0.15, -0.1) is 5.69 Å². The van der Waals surface area contributed by atoms with Gasteiger partial charge in [0.15, 0.2) is 0 Å². The number of hydrogen-bond acceptors (Lipinski definition) is 8. The fourth-order valence-electron chi connectivity index (χ4n) is 4.86. The summed E-state index contributed by atoms with van der Waals surface area (Å²) in [5.74, 6) is -1.25. The molecule has 1 saturated heterocycles. The number of hydroxylamine groups is 1. The van der Waals surface area contributed by atoms with Crippen LogP contribution in [0.25, 0.3) is 16.5 Å². The molecule has 3 aromatic rings. The van der Waals surface area contributed by atoms with Gasteiger partial charge in [0.1, 0.15) is 11.8 Å². The molecule has 2 aliphatic rings. The van der Waals surface area contributed by atoms with E-state index in [9.17, 15) is 19.5 Å². The largest absolute Gasteiger partial charge is 0.698 e. The van der Waals surface area contributed by atoms with E-state index < -0.39 is 11.9 Å². The van der Waals surface area contributed by atoms with Crippen molar-refractivity contribution in [3.8, 4) is 5.75 Å². The molecule has 0 bridgehead atoms. The molecular weight excluding hydrogens is 591 g/mol. The van der Waals surface area contributed by atoms with Gasteiger partial charge in [0.05, 0.1) is 19.8 Å². The summed E-state index contributed by atoms with van der Waals surface area (Å²) in [6.45, 7) is 2.00. The zero-order chi connectivity index (χ0) is 27.9. The van der Waals surface area contributed by atoms with E-state index >= 15 is 0 Å². The Hall–Kier alpha value is -2.93. The number of benzene rings is 3. The van der Waals surface area contributed by atoms with Crippen LogP contribution in [0.15, 0.2) is 48.5 Å². The van der Waals surface area contributed by atoms with Crippen molar-refractivity contribution < 1.29 is 62.1 Å². The number of hydrogen-bond donors (Lipinski definition) is 5. The van der Waals surface area contributed by atoms with Crippen LogP contribution in [0.2, 0.25) is 0 Å². The number of carbonyl (C=O) groups excluding carboxylic acids is 3. The fraction of sp³-hybridized carbons (Fsp3) is 0.321. The molecule has 0 aromatic heterocycles. The molecule has 3 amide bonds. The number of imide groups is 1. The van der Waals surface area contributed by atoms with Gasteiger partial charge in [-0.2, -0.15) is 0 Å². The van der Waals surface area contributed by atoms with Crippen LogP contribution in [0, 0.1) is 0 Å². The summed E-state index contributed by atoms with van der Waals surface area (Å²) in [6, 6.07) is 14.3. The van der Waals surface area contributed by atoms with Crippen LogP contribution in [0.5, 0.6) is 5.75 Å². The van der Waals surface area contributed by atoms with Crippen LogP contribution in [0.4, 0.5) is 5.69 Å². The smallest absolute Gasteiger partial charge is 0.255 e. The fourth-order valence-corrected chi connectivity index (χ4v) is 4.86. The standard InChI is InChI=1S/C14H15N3O5.C14H17N2O.Y/c18-11-4-3-10(13(20)16-11)17-6-9-8(14(17)21)2-1-7(5-15-22)12(9)19;15-8-10-17-9-7-11-3-1-5-13-12(11)4-2-6-14(13)16;/h1-2,10,15,19,22H,3-6H2,(H,16,18,20);1-6,16H,7-10,15H2;/q;-1;. The minimum absolute atomic E-state index is 0. The number of phenolic OH excluding ortho intramolecular Hbond substituents is 1. The molecule has 7 N–H and O–H groups in total. The molecule has 5 rings (SSSR count). The maximum Gasteiger partial charge on any atom is 0.255 e. The Morgan fingerprint density at radius 1 is 1.05 bits per heavy atom. The van der Waals surface area contributed by atoms with Crippen molar-refractivity contribution in [1.82, 2.24) is 15.7 Å². The molecule has 11 nitrogen and oxygen atoms in total. The Morgan fingerprint density at radius 2 is 1.80 bits per heavy atom. The van der Waals surface area contributed by atoms with Crippen molar-refractivity contribution in [2.24, 2.45) is 5.73 Å². The van der Waals surface area contributed by atoms with Gasteiger partial charge in [0.25, 0.3) is 5.91 Å². The number of piperidine rings is 1. The molecule has 0 saturated carbocycles. The summed E-state index contributed by atoms with van der Waals surface area (Å²) in [7, 11) is 0. The van der Waals surface area contributed by atoms with Crippen molar-refractivity contribution in [3.63, 3.8) is 0 Å². The van der Waals surface area contributed by atoms with Crippen molar-refractivity contribution in [1.29, 1.82) is 0 Å². The summed E-state index contributed by atoms with van der Waals surface area (Å²) >= 11 is 0. The molecule has 1 fully saturated rings. The molecule has 1 radical (unpaired) electrons. The molecule has 2 aliphatic heterocycles. The van der Waals surface area contributed by atoms with Crippen molar-refractivity contribution in [2.75, 3.05) is 19.8 Å². The number of aromatic hydroxyl groups is 1. The first-order chi connectivity index (χ1) is 18.8. The topological polar surface area (TPSA) is 178 Å². The van der Waals surface area contributed by atoms with Gasteiger partial charge >= 0.3 is 0 Å². The van der Waals surface area contributed by atoms with Gasteiger partial charge in [-0.25, -0.2) is 5.48 Å². The Kier molecular flexibility index (Phi) is 11.6. The van der Waals surface area contributed by atoms with E-state index in [-0.39, 0.29) is 76.2 Å². The number of phenols is 1. The van der Waals surface area contributed by atoms with Gasteiger partial charge in [-0.1, -0.05) is 42.5 Å². The van der Waals surface area contributed by atoms with Crippen LogP contribution in [-0.2, 0) is 66.5 Å². The average molecular weight is 623 g/mol. The normalized spacial score (nSPS) is 16.2. The minimum atomic E-state index is -0.712. The van der Waals surface area contributed by atoms with Crippen molar-refractivity contribution in [3.05, 3.63) is 76.5 Å². The van der Waals surface area contributed by atoms with Gasteiger partial charge in [-0.05, 0) is 35.2 Å². The maximum absolute atomic E-state index is 12.4. The molecular formula is C28H32N5O6Y-. The maximum atomic E-state index is 12.4. The average Bonchev–Trinajstić information content (AvgIpc) is 3.26. The van der Waals surface area contributed by atoms with Crippen LogP contribution < -0.4 is 16.5 Å². The molecule has 209 valence electrons. The van der Waals surface area contributed by atoms with E-state index in [0.717, 1.165) is 17.2 Å². The number of nitrogens with zero attached hydrogens (tertiary/aromatic N) is 1. The monoisotopic (exact) mass is 623 g/mol. The third-order valence-electron chi connectivity index (χ3n) is 6.83. The zero-order valence-corrected chi connectivity index (χ0v) is 24.8. The van der Waals surface area contributed by atoms with Crippen LogP contribution in [0.3, 0.4) is 0 Å². The number of amides is 3. The molecule has 12 heteroatoms. The van der Waals surface area contributed by atoms with E-state index in [0.29, 0.717) is 42.1 Å². The number of ether oxygens (including phenoxy) is 1. The minimum Gasteiger partial charge on any atom is -0.698 e. The summed E-state index contributed by atoms with van der Waals surface area (Å²) < 4.78 is 5.39. The van der Waals surface area contributed by atoms with Gasteiger partial charge in [-0.3, -0.25) is 19.7 Å². The molecule has 1 atom stereocenters. The number of nitrogens with one attached hydrogen (secondary N) is 3. The van der Waals surface area contributed by atoms with Gasteiger partial charge in [0.2, 0.25) is 11.8 Å². The predicted octanol–water partition coefficient (Wildman–Crippen LogP) is 2.67. The van der Waals surface area contributed by atoms with Gasteiger partial charge < -0.3 is 31.4 Å². The number of fused-ring (bicyclic) bond motifs is 2. The first kappa shape index (κ1) is 31.6. The summed E-state index contributed by atoms with van der Waals surface area (Å²) in [5, 5.41) is 23.3. The first-order valence-corrected chi connectivity index (χ1v) is 12.7. The Morgan fingerprint density at radius 3 is 2.52 bits per heavy atom. The summed E-state index contributed by atoms with van der Waals surface area (Å²) in [6.07, 6.45) is 1.32. The molecule has 2 heterocycles. The Labute approximate surface area is 257 Å². The first-order valence-electron chi connectivity index (χ1n) is 12.7. The van der Waals surface area contributed by atoms with Crippen LogP contribution in [-0.4, -0.2) is 58.7 Å². The molecule has 3 aromatic carbocycles. The second kappa shape index (κ2) is 14.6. The molecule has 40 heavy (non-hydrogen) atoms. The van der Waals surface area contributed by atoms with Crippen molar-refractivity contribution >= 4 is 34.2 Å². The van der Waals surface area contributed by atoms with Crippen LogP contribution >= 0.6 is 0 Å². The number of carbonyl (C=O) groups is 3. The Balaban J connectivity index is 0.000000222.